The van der Waals surface area contributed by atoms with Gasteiger partial charge in [-0.25, -0.2) is 0 Å². The molecule has 3 heteroatoms. The van der Waals surface area contributed by atoms with Gasteiger partial charge < -0.3 is 5.11 Å². The zero-order chi connectivity index (χ0) is 28.4. The number of unbranched alkanes of at least 4 members (excludes halogenated alkanes) is 6. The Bertz CT molecular complexity index is 1300. The van der Waals surface area contributed by atoms with Crippen molar-refractivity contribution in [2.75, 3.05) is 0 Å². The smallest absolute Gasteiger partial charge is 0.141 e. The fourth-order valence-electron chi connectivity index (χ4n) is 5.59. The van der Waals surface area contributed by atoms with Crippen molar-refractivity contribution in [1.29, 1.82) is 0 Å². The number of aryl methyl sites for hydroxylation is 2. The lowest BCUT2D eigenvalue weighted by Crippen LogP contribution is -2.30. The van der Waals surface area contributed by atoms with Crippen LogP contribution in [0.2, 0.25) is 0 Å². The minimum Gasteiger partial charge on any atom is -0.376 e. The number of hydrogen-bond donors (Lipinski definition) is 1. The lowest BCUT2D eigenvalue weighted by molar-refractivity contribution is 0.126. The predicted octanol–water partition coefficient (Wildman–Crippen LogP) is 11.4. The third kappa shape index (κ3) is 7.75. The molecule has 0 fully saturated rings. The van der Waals surface area contributed by atoms with Crippen LogP contribution >= 0.6 is 31.9 Å². The van der Waals surface area contributed by atoms with Crippen molar-refractivity contribution in [1.82, 2.24) is 0 Å². The Kier molecular flexibility index (Phi) is 11.6. The Labute approximate surface area is 258 Å². The van der Waals surface area contributed by atoms with Crippen LogP contribution in [0.25, 0.3) is 11.1 Å². The molecule has 0 atom stereocenters. The molecule has 1 nitrogen and oxygen atoms in total. The largest absolute Gasteiger partial charge is 0.376 e. The minimum atomic E-state index is -1.31. The van der Waals surface area contributed by atoms with Crippen molar-refractivity contribution < 1.29 is 5.11 Å². The molecule has 4 aromatic rings. The van der Waals surface area contributed by atoms with Gasteiger partial charge in [-0.3, -0.25) is 0 Å². The van der Waals surface area contributed by atoms with E-state index in [0.717, 1.165) is 49.6 Å². The lowest BCUT2D eigenvalue weighted by Gasteiger charge is -2.33. The summed E-state index contributed by atoms with van der Waals surface area (Å²) >= 11 is 7.31. The fraction of sp³-hybridized carbons (Fsp3) is 0.351. The summed E-state index contributed by atoms with van der Waals surface area (Å²) in [5, 5.41) is 13.1. The van der Waals surface area contributed by atoms with Gasteiger partial charge in [0.25, 0.3) is 0 Å². The second kappa shape index (κ2) is 15.1. The van der Waals surface area contributed by atoms with Crippen LogP contribution in [0.4, 0.5) is 0 Å². The van der Waals surface area contributed by atoms with Gasteiger partial charge in [-0.15, -0.1) is 0 Å². The Morgan fingerprint density at radius 3 is 1.62 bits per heavy atom. The second-order valence-electron chi connectivity index (χ2n) is 10.9. The average Bonchev–Trinajstić information content (AvgIpc) is 2.98. The topological polar surface area (TPSA) is 20.2 Å². The molecule has 0 aromatic heterocycles. The monoisotopic (exact) mass is 660 g/mol. The van der Waals surface area contributed by atoms with Gasteiger partial charge in [0.15, 0.2) is 0 Å². The highest BCUT2D eigenvalue weighted by Crippen LogP contribution is 2.43. The van der Waals surface area contributed by atoms with E-state index in [9.17, 15) is 5.11 Å². The molecule has 0 heterocycles. The third-order valence-corrected chi connectivity index (χ3v) is 8.88. The molecule has 0 amide bonds. The summed E-state index contributed by atoms with van der Waals surface area (Å²) in [7, 11) is 0. The van der Waals surface area contributed by atoms with Crippen molar-refractivity contribution in [2.24, 2.45) is 0 Å². The first-order valence-electron chi connectivity index (χ1n) is 14.9. The van der Waals surface area contributed by atoms with Crippen molar-refractivity contribution in [3.05, 3.63) is 128 Å². The first-order chi connectivity index (χ1) is 19.5. The van der Waals surface area contributed by atoms with Crippen molar-refractivity contribution in [3.8, 4) is 11.1 Å². The predicted molar refractivity (Wildman–Crippen MR) is 178 cm³/mol. The van der Waals surface area contributed by atoms with Crippen molar-refractivity contribution in [2.45, 2.75) is 83.7 Å². The normalized spacial score (nSPS) is 11.6. The van der Waals surface area contributed by atoms with E-state index in [-0.39, 0.29) is 0 Å². The van der Waals surface area contributed by atoms with Crippen LogP contribution in [-0.4, -0.2) is 5.11 Å². The highest BCUT2D eigenvalue weighted by molar-refractivity contribution is 9.10. The molecule has 210 valence electrons. The molecule has 0 unspecified atom stereocenters. The maximum Gasteiger partial charge on any atom is 0.141 e. The van der Waals surface area contributed by atoms with Crippen LogP contribution in [0.1, 0.15) is 93.0 Å². The first-order valence-corrected chi connectivity index (χ1v) is 16.5. The molecular weight excluding hydrogens is 620 g/mol. The summed E-state index contributed by atoms with van der Waals surface area (Å²) in [4.78, 5) is 0. The van der Waals surface area contributed by atoms with Gasteiger partial charge in [0.1, 0.15) is 5.60 Å². The zero-order valence-corrected chi connectivity index (χ0v) is 27.1. The van der Waals surface area contributed by atoms with Crippen LogP contribution in [0.15, 0.2) is 99.9 Å². The molecule has 0 spiro atoms. The highest BCUT2D eigenvalue weighted by atomic mass is 79.9. The molecule has 4 aromatic carbocycles. The first kappa shape index (κ1) is 30.8. The summed E-state index contributed by atoms with van der Waals surface area (Å²) in [5.74, 6) is 0. The van der Waals surface area contributed by atoms with E-state index in [1.54, 1.807) is 0 Å². The fourth-order valence-corrected chi connectivity index (χ4v) is 6.22. The number of aliphatic hydroxyl groups is 1. The Hall–Kier alpha value is -2.20. The van der Waals surface area contributed by atoms with Crippen molar-refractivity contribution in [3.63, 3.8) is 0 Å². The molecule has 0 bridgehead atoms. The molecule has 0 aliphatic carbocycles. The highest BCUT2D eigenvalue weighted by Gasteiger charge is 2.36. The molecule has 40 heavy (non-hydrogen) atoms. The Balaban J connectivity index is 1.85. The Morgan fingerprint density at radius 2 is 1.10 bits per heavy atom. The number of hydrogen-bond acceptors (Lipinski definition) is 1. The van der Waals surface area contributed by atoms with Crippen LogP contribution in [0.5, 0.6) is 0 Å². The summed E-state index contributed by atoms with van der Waals surface area (Å²) in [6.45, 7) is 4.50. The summed E-state index contributed by atoms with van der Waals surface area (Å²) in [5.41, 5.74) is 6.07. The van der Waals surface area contributed by atoms with E-state index in [0.29, 0.717) is 0 Å². The summed E-state index contributed by atoms with van der Waals surface area (Å²) in [6.07, 6.45) is 11.9. The molecule has 1 N–H and O–H groups in total. The van der Waals surface area contributed by atoms with E-state index in [2.05, 4.69) is 137 Å². The summed E-state index contributed by atoms with van der Waals surface area (Å²) < 4.78 is 1.99. The van der Waals surface area contributed by atoms with Crippen LogP contribution < -0.4 is 0 Å². The SMILES string of the molecule is CCCCCCc1cccc(C(O)(c2cccc(CCCCCC)c2)c2cc(Br)ccc2-c2ccc(Br)cc2)c1. The number of halogens is 2. The van der Waals surface area contributed by atoms with E-state index < -0.39 is 5.60 Å². The van der Waals surface area contributed by atoms with E-state index >= 15 is 0 Å². The van der Waals surface area contributed by atoms with Crippen molar-refractivity contribution >= 4 is 31.9 Å². The lowest BCUT2D eigenvalue weighted by atomic mass is 9.76. The number of benzene rings is 4. The molecule has 0 aliphatic heterocycles. The van der Waals surface area contributed by atoms with Gasteiger partial charge in [-0.1, -0.05) is 151 Å². The molecule has 4 rings (SSSR count). The van der Waals surface area contributed by atoms with Gasteiger partial charge >= 0.3 is 0 Å². The van der Waals surface area contributed by atoms with E-state index in [1.807, 2.05) is 0 Å². The molecule has 0 saturated carbocycles. The van der Waals surface area contributed by atoms with Crippen LogP contribution in [-0.2, 0) is 18.4 Å². The van der Waals surface area contributed by atoms with Gasteiger partial charge in [-0.05, 0) is 83.3 Å². The van der Waals surface area contributed by atoms with Gasteiger partial charge in [-0.2, -0.15) is 0 Å². The van der Waals surface area contributed by atoms with E-state index in [4.69, 9.17) is 0 Å². The second-order valence-corrected chi connectivity index (χ2v) is 12.8. The number of rotatable bonds is 14. The van der Waals surface area contributed by atoms with Gasteiger partial charge in [0.2, 0.25) is 0 Å². The molecule has 0 aliphatic rings. The zero-order valence-electron chi connectivity index (χ0n) is 23.9. The third-order valence-electron chi connectivity index (χ3n) is 7.85. The molecule has 0 radical (unpaired) electrons. The quantitative estimate of drug-likeness (QED) is 0.105. The summed E-state index contributed by atoms with van der Waals surface area (Å²) in [6, 6.07) is 31.9. The maximum absolute atomic E-state index is 13.1. The molecular formula is C37H42Br2O. The minimum absolute atomic E-state index is 0.885. The average molecular weight is 663 g/mol. The van der Waals surface area contributed by atoms with Crippen LogP contribution in [0, 0.1) is 0 Å². The van der Waals surface area contributed by atoms with Gasteiger partial charge in [0.05, 0.1) is 0 Å². The van der Waals surface area contributed by atoms with Crippen LogP contribution in [0.3, 0.4) is 0 Å². The maximum atomic E-state index is 13.1. The standard InChI is InChI=1S/C37H42Br2O/c1-3-5-7-9-13-28-15-11-17-31(25-28)37(40,32-18-12-16-29(26-32)14-10-8-6-4-2)36-27-34(39)23-24-35(36)30-19-21-33(38)22-20-30/h11-12,15-27,40H,3-10,13-14H2,1-2H3. The van der Waals surface area contributed by atoms with Gasteiger partial charge in [0, 0.05) is 14.5 Å². The molecule has 0 saturated heterocycles. The Morgan fingerprint density at radius 1 is 0.575 bits per heavy atom. The van der Waals surface area contributed by atoms with E-state index in [1.165, 1.54) is 62.5 Å².